The SMILES string of the molecule is O=C(Nc1ccc(-c2nc3ccccc3o2)c(O)c1)c1cc(-n2cnnc2)ccc1Cl. The van der Waals surface area contributed by atoms with Crippen molar-refractivity contribution in [1.29, 1.82) is 0 Å². The minimum absolute atomic E-state index is 0.0753. The van der Waals surface area contributed by atoms with E-state index >= 15 is 0 Å². The van der Waals surface area contributed by atoms with Crippen LogP contribution in [0.5, 0.6) is 5.75 Å². The van der Waals surface area contributed by atoms with Gasteiger partial charge in [-0.25, -0.2) is 4.98 Å². The predicted octanol–water partition coefficient (Wildman–Crippen LogP) is 4.69. The zero-order valence-corrected chi connectivity index (χ0v) is 16.6. The highest BCUT2D eigenvalue weighted by molar-refractivity contribution is 6.34. The predicted molar refractivity (Wildman–Crippen MR) is 115 cm³/mol. The summed E-state index contributed by atoms with van der Waals surface area (Å²) in [5, 5.41) is 21.0. The van der Waals surface area contributed by atoms with Crippen molar-refractivity contribution in [2.45, 2.75) is 0 Å². The molecule has 0 bridgehead atoms. The van der Waals surface area contributed by atoms with Gasteiger partial charge in [0.2, 0.25) is 5.89 Å². The number of aromatic hydroxyl groups is 1. The summed E-state index contributed by atoms with van der Waals surface area (Å²) >= 11 is 6.22. The van der Waals surface area contributed by atoms with Gasteiger partial charge in [0.15, 0.2) is 5.58 Å². The monoisotopic (exact) mass is 431 g/mol. The lowest BCUT2D eigenvalue weighted by atomic mass is 10.1. The first-order chi connectivity index (χ1) is 15.1. The van der Waals surface area contributed by atoms with Crippen molar-refractivity contribution in [1.82, 2.24) is 19.7 Å². The Hall–Kier alpha value is -4.17. The van der Waals surface area contributed by atoms with Crippen LogP contribution in [0, 0.1) is 0 Å². The molecule has 0 fully saturated rings. The fourth-order valence-electron chi connectivity index (χ4n) is 3.16. The third kappa shape index (κ3) is 3.60. The summed E-state index contributed by atoms with van der Waals surface area (Å²) in [6.07, 6.45) is 3.04. The molecular weight excluding hydrogens is 418 g/mol. The maximum absolute atomic E-state index is 12.8. The summed E-state index contributed by atoms with van der Waals surface area (Å²) < 4.78 is 7.36. The van der Waals surface area contributed by atoms with Gasteiger partial charge in [-0.1, -0.05) is 23.7 Å². The maximum Gasteiger partial charge on any atom is 0.257 e. The number of phenols is 1. The van der Waals surface area contributed by atoms with E-state index in [1.165, 1.54) is 18.7 Å². The smallest absolute Gasteiger partial charge is 0.257 e. The number of rotatable bonds is 4. The number of fused-ring (bicyclic) bond motifs is 1. The molecule has 0 atom stereocenters. The van der Waals surface area contributed by atoms with Gasteiger partial charge in [-0.2, -0.15) is 0 Å². The Morgan fingerprint density at radius 1 is 1.03 bits per heavy atom. The van der Waals surface area contributed by atoms with Crippen molar-refractivity contribution >= 4 is 34.3 Å². The second kappa shape index (κ2) is 7.58. The normalized spacial score (nSPS) is 11.0. The summed E-state index contributed by atoms with van der Waals surface area (Å²) in [6, 6.07) is 17.1. The lowest BCUT2D eigenvalue weighted by molar-refractivity contribution is 0.102. The number of nitrogens with zero attached hydrogens (tertiary/aromatic N) is 4. The van der Waals surface area contributed by atoms with Gasteiger partial charge in [0, 0.05) is 17.4 Å². The average molecular weight is 432 g/mol. The zero-order chi connectivity index (χ0) is 21.4. The molecular formula is C22H14ClN5O3. The third-order valence-corrected chi connectivity index (χ3v) is 5.02. The van der Waals surface area contributed by atoms with Gasteiger partial charge >= 0.3 is 0 Å². The topological polar surface area (TPSA) is 106 Å². The molecule has 5 aromatic rings. The summed E-state index contributed by atoms with van der Waals surface area (Å²) in [6.45, 7) is 0. The maximum atomic E-state index is 12.8. The van der Waals surface area contributed by atoms with Crippen LogP contribution in [0.1, 0.15) is 10.4 Å². The fourth-order valence-corrected chi connectivity index (χ4v) is 3.36. The molecule has 2 heterocycles. The highest BCUT2D eigenvalue weighted by Crippen LogP contribution is 2.33. The van der Waals surface area contributed by atoms with Gasteiger partial charge in [-0.05, 0) is 42.5 Å². The van der Waals surface area contributed by atoms with Crippen LogP contribution in [-0.2, 0) is 0 Å². The summed E-state index contributed by atoms with van der Waals surface area (Å²) in [5.74, 6) is -0.205. The number of halogens is 1. The molecule has 152 valence electrons. The van der Waals surface area contributed by atoms with Gasteiger partial charge < -0.3 is 14.8 Å². The van der Waals surface area contributed by atoms with Gasteiger partial charge in [0.25, 0.3) is 5.91 Å². The van der Waals surface area contributed by atoms with Crippen molar-refractivity contribution in [3.63, 3.8) is 0 Å². The molecule has 5 rings (SSSR count). The van der Waals surface area contributed by atoms with Crippen LogP contribution in [0.2, 0.25) is 5.02 Å². The number of hydrogen-bond acceptors (Lipinski definition) is 6. The Morgan fingerprint density at radius 2 is 1.84 bits per heavy atom. The molecule has 1 amide bonds. The first-order valence-corrected chi connectivity index (χ1v) is 9.61. The van der Waals surface area contributed by atoms with Crippen LogP contribution >= 0.6 is 11.6 Å². The number of phenolic OH excluding ortho intramolecular Hbond substituents is 1. The molecule has 0 unspecified atom stereocenters. The second-order valence-electron chi connectivity index (χ2n) is 6.71. The lowest BCUT2D eigenvalue weighted by Gasteiger charge is -2.10. The number of hydrogen-bond donors (Lipinski definition) is 2. The molecule has 0 saturated heterocycles. The van der Waals surface area contributed by atoms with E-state index in [0.29, 0.717) is 39.0 Å². The summed E-state index contributed by atoms with van der Waals surface area (Å²) in [4.78, 5) is 17.2. The van der Waals surface area contributed by atoms with E-state index in [9.17, 15) is 9.90 Å². The van der Waals surface area contributed by atoms with E-state index in [4.69, 9.17) is 16.0 Å². The van der Waals surface area contributed by atoms with Crippen molar-refractivity contribution < 1.29 is 14.3 Å². The van der Waals surface area contributed by atoms with Gasteiger partial charge in [0.05, 0.1) is 16.1 Å². The third-order valence-electron chi connectivity index (χ3n) is 4.69. The largest absolute Gasteiger partial charge is 0.507 e. The van der Waals surface area contributed by atoms with Crippen LogP contribution in [-0.4, -0.2) is 30.8 Å². The zero-order valence-electron chi connectivity index (χ0n) is 15.9. The standard InChI is InChI=1S/C22H14ClN5O3/c23-17-8-6-14(28-11-24-25-12-28)10-16(17)21(30)26-13-5-7-15(19(29)9-13)22-27-18-3-1-2-4-20(18)31-22/h1-12,29H,(H,26,30). The Morgan fingerprint density at radius 3 is 2.61 bits per heavy atom. The molecule has 0 aliphatic carbocycles. The number of carbonyl (C=O) groups is 1. The average Bonchev–Trinajstić information content (AvgIpc) is 3.44. The van der Waals surface area contributed by atoms with Crippen LogP contribution in [0.4, 0.5) is 5.69 Å². The Balaban J connectivity index is 1.41. The highest BCUT2D eigenvalue weighted by atomic mass is 35.5. The first-order valence-electron chi connectivity index (χ1n) is 9.23. The van der Waals surface area contributed by atoms with E-state index < -0.39 is 5.91 Å². The molecule has 31 heavy (non-hydrogen) atoms. The molecule has 9 heteroatoms. The number of oxazole rings is 1. The highest BCUT2D eigenvalue weighted by Gasteiger charge is 2.16. The van der Waals surface area contributed by atoms with Crippen molar-refractivity contribution in [2.75, 3.05) is 5.32 Å². The van der Waals surface area contributed by atoms with Crippen molar-refractivity contribution in [3.05, 3.63) is 83.9 Å². The quantitative estimate of drug-likeness (QED) is 0.427. The minimum Gasteiger partial charge on any atom is -0.507 e. The molecule has 0 aliphatic rings. The van der Waals surface area contributed by atoms with E-state index in [2.05, 4.69) is 20.5 Å². The van der Waals surface area contributed by atoms with Crippen LogP contribution in [0.15, 0.2) is 77.7 Å². The number of benzene rings is 3. The molecule has 2 aromatic heterocycles. The van der Waals surface area contributed by atoms with Gasteiger partial charge in [-0.15, -0.1) is 10.2 Å². The number of para-hydroxylation sites is 2. The molecule has 0 spiro atoms. The molecule has 2 N–H and O–H groups in total. The number of anilines is 1. The first kappa shape index (κ1) is 18.8. The van der Waals surface area contributed by atoms with Gasteiger partial charge in [-0.3, -0.25) is 9.36 Å². The van der Waals surface area contributed by atoms with Crippen molar-refractivity contribution in [3.8, 4) is 22.9 Å². The fraction of sp³-hybridized carbons (Fsp3) is 0. The van der Waals surface area contributed by atoms with E-state index in [-0.39, 0.29) is 11.3 Å². The van der Waals surface area contributed by atoms with Crippen LogP contribution in [0.3, 0.4) is 0 Å². The second-order valence-corrected chi connectivity index (χ2v) is 7.11. The summed E-state index contributed by atoms with van der Waals surface area (Å²) in [7, 11) is 0. The lowest BCUT2D eigenvalue weighted by Crippen LogP contribution is -2.13. The Bertz CT molecular complexity index is 1380. The number of amides is 1. The van der Waals surface area contributed by atoms with E-state index in [1.54, 1.807) is 41.0 Å². The van der Waals surface area contributed by atoms with Crippen molar-refractivity contribution in [2.24, 2.45) is 0 Å². The van der Waals surface area contributed by atoms with Gasteiger partial charge in [0.1, 0.15) is 23.9 Å². The van der Waals surface area contributed by atoms with Crippen LogP contribution in [0.25, 0.3) is 28.2 Å². The van der Waals surface area contributed by atoms with E-state index in [0.717, 1.165) is 0 Å². The number of aromatic nitrogens is 4. The molecule has 0 aliphatic heterocycles. The van der Waals surface area contributed by atoms with E-state index in [1.807, 2.05) is 18.2 Å². The van der Waals surface area contributed by atoms with Crippen LogP contribution < -0.4 is 5.32 Å². The molecule has 0 radical (unpaired) electrons. The summed E-state index contributed by atoms with van der Waals surface area (Å²) in [5.41, 5.74) is 3.09. The Labute approximate surface area is 180 Å². The number of nitrogens with one attached hydrogen (secondary N) is 1. The minimum atomic E-state index is -0.422. The Kier molecular flexibility index (Phi) is 4.61. The molecule has 3 aromatic carbocycles. The molecule has 0 saturated carbocycles. The number of carbonyl (C=O) groups excluding carboxylic acids is 1. The molecule has 8 nitrogen and oxygen atoms in total.